The summed E-state index contributed by atoms with van der Waals surface area (Å²) in [5.74, 6) is 1.76. The van der Waals surface area contributed by atoms with Crippen molar-refractivity contribution in [2.45, 2.75) is 77.8 Å². The van der Waals surface area contributed by atoms with E-state index in [-0.39, 0.29) is 0 Å². The van der Waals surface area contributed by atoms with Crippen LogP contribution in [0.5, 0.6) is 0 Å². The number of piperidine rings is 1. The van der Waals surface area contributed by atoms with E-state index in [1.54, 1.807) is 0 Å². The summed E-state index contributed by atoms with van der Waals surface area (Å²) in [6.45, 7) is 13.4. The molecule has 2 fully saturated rings. The van der Waals surface area contributed by atoms with Gasteiger partial charge in [-0.25, -0.2) is 0 Å². The summed E-state index contributed by atoms with van der Waals surface area (Å²) >= 11 is 0. The van der Waals surface area contributed by atoms with Gasteiger partial charge in [-0.1, -0.05) is 13.8 Å². The van der Waals surface area contributed by atoms with Gasteiger partial charge >= 0.3 is 0 Å². The second-order valence-electron chi connectivity index (χ2n) is 7.45. The Morgan fingerprint density at radius 1 is 1.16 bits per heavy atom. The Morgan fingerprint density at radius 2 is 1.84 bits per heavy atom. The van der Waals surface area contributed by atoms with Gasteiger partial charge in [0.25, 0.3) is 0 Å². The van der Waals surface area contributed by atoms with Crippen LogP contribution < -0.4 is 5.32 Å². The van der Waals surface area contributed by atoms with E-state index in [0.29, 0.717) is 5.54 Å². The standard InChI is InChI=1S/C17H34N2/c1-14(2)17(9-5-11-18-17)10-6-16-7-12-19(13-8-16)15(3)4/h14-16,18H,5-13H2,1-4H3. The largest absolute Gasteiger partial charge is 0.311 e. The lowest BCUT2D eigenvalue weighted by Gasteiger charge is -2.38. The van der Waals surface area contributed by atoms with Gasteiger partial charge in [-0.15, -0.1) is 0 Å². The normalized spacial score (nSPS) is 30.6. The molecule has 2 rings (SSSR count). The van der Waals surface area contributed by atoms with Crippen LogP contribution in [0.2, 0.25) is 0 Å². The second-order valence-corrected chi connectivity index (χ2v) is 7.45. The van der Waals surface area contributed by atoms with Gasteiger partial charge in [0.2, 0.25) is 0 Å². The van der Waals surface area contributed by atoms with Gasteiger partial charge in [-0.2, -0.15) is 0 Å². The summed E-state index contributed by atoms with van der Waals surface area (Å²) in [4.78, 5) is 2.64. The Labute approximate surface area is 120 Å². The molecule has 2 aliphatic heterocycles. The van der Waals surface area contributed by atoms with Crippen LogP contribution in [0.3, 0.4) is 0 Å². The van der Waals surface area contributed by atoms with Crippen molar-refractivity contribution in [2.24, 2.45) is 11.8 Å². The molecule has 0 radical (unpaired) electrons. The fourth-order valence-corrected chi connectivity index (χ4v) is 4.04. The van der Waals surface area contributed by atoms with Gasteiger partial charge in [-0.05, 0) is 83.8 Å². The first-order valence-corrected chi connectivity index (χ1v) is 8.52. The van der Waals surface area contributed by atoms with Crippen molar-refractivity contribution in [3.63, 3.8) is 0 Å². The zero-order chi connectivity index (χ0) is 13.9. The minimum atomic E-state index is 0.467. The van der Waals surface area contributed by atoms with Crippen molar-refractivity contribution in [2.75, 3.05) is 19.6 Å². The molecule has 0 amide bonds. The zero-order valence-corrected chi connectivity index (χ0v) is 13.5. The Balaban J connectivity index is 1.77. The molecule has 2 aliphatic rings. The summed E-state index contributed by atoms with van der Waals surface area (Å²) in [6.07, 6.45) is 8.46. The number of nitrogens with one attached hydrogen (secondary N) is 1. The summed E-state index contributed by atoms with van der Waals surface area (Å²) in [6, 6.07) is 0.736. The highest BCUT2D eigenvalue weighted by molar-refractivity contribution is 4.96. The van der Waals surface area contributed by atoms with Gasteiger partial charge in [0, 0.05) is 11.6 Å². The molecule has 0 spiro atoms. The molecule has 0 bridgehead atoms. The molecule has 0 aromatic carbocycles. The summed E-state index contributed by atoms with van der Waals surface area (Å²) in [5, 5.41) is 3.83. The van der Waals surface area contributed by atoms with E-state index in [2.05, 4.69) is 37.9 Å². The molecule has 2 heteroatoms. The molecule has 0 aromatic heterocycles. The fourth-order valence-electron chi connectivity index (χ4n) is 4.04. The maximum absolute atomic E-state index is 3.83. The van der Waals surface area contributed by atoms with Gasteiger partial charge in [0.05, 0.1) is 0 Å². The lowest BCUT2D eigenvalue weighted by Crippen LogP contribution is -2.45. The molecular weight excluding hydrogens is 232 g/mol. The summed E-state index contributed by atoms with van der Waals surface area (Å²) < 4.78 is 0. The number of likely N-dealkylation sites (tertiary alicyclic amines) is 1. The first-order chi connectivity index (χ1) is 9.03. The van der Waals surface area contributed by atoms with E-state index < -0.39 is 0 Å². The molecule has 1 N–H and O–H groups in total. The maximum Gasteiger partial charge on any atom is 0.0205 e. The van der Waals surface area contributed by atoms with Crippen molar-refractivity contribution in [1.29, 1.82) is 0 Å². The van der Waals surface area contributed by atoms with E-state index in [1.807, 2.05) is 0 Å². The SMILES string of the molecule is CC(C)N1CCC(CCC2(C(C)C)CCCN2)CC1. The average molecular weight is 266 g/mol. The Kier molecular flexibility index (Phi) is 5.30. The van der Waals surface area contributed by atoms with Crippen LogP contribution in [-0.2, 0) is 0 Å². The quantitative estimate of drug-likeness (QED) is 0.817. The van der Waals surface area contributed by atoms with Crippen LogP contribution in [0.15, 0.2) is 0 Å². The monoisotopic (exact) mass is 266 g/mol. The maximum atomic E-state index is 3.83. The third-order valence-corrected chi connectivity index (χ3v) is 5.76. The first kappa shape index (κ1) is 15.3. The zero-order valence-electron chi connectivity index (χ0n) is 13.5. The van der Waals surface area contributed by atoms with E-state index in [9.17, 15) is 0 Å². The molecule has 0 saturated carbocycles. The van der Waals surface area contributed by atoms with E-state index in [4.69, 9.17) is 0 Å². The van der Waals surface area contributed by atoms with Crippen LogP contribution in [0.25, 0.3) is 0 Å². The topological polar surface area (TPSA) is 15.3 Å². The third kappa shape index (κ3) is 3.72. The molecule has 112 valence electrons. The van der Waals surface area contributed by atoms with Crippen molar-refractivity contribution in [3.8, 4) is 0 Å². The summed E-state index contributed by atoms with van der Waals surface area (Å²) in [7, 11) is 0. The predicted octanol–water partition coefficient (Wildman–Crippen LogP) is 3.67. The highest BCUT2D eigenvalue weighted by atomic mass is 15.1. The number of hydrogen-bond donors (Lipinski definition) is 1. The van der Waals surface area contributed by atoms with Crippen LogP contribution >= 0.6 is 0 Å². The molecule has 0 aliphatic carbocycles. The highest BCUT2D eigenvalue weighted by Crippen LogP contribution is 2.35. The molecule has 1 unspecified atom stereocenters. The molecular formula is C17H34N2. The minimum absolute atomic E-state index is 0.467. The van der Waals surface area contributed by atoms with E-state index in [1.165, 1.54) is 58.2 Å². The Morgan fingerprint density at radius 3 is 2.32 bits per heavy atom. The highest BCUT2D eigenvalue weighted by Gasteiger charge is 2.36. The van der Waals surface area contributed by atoms with Crippen LogP contribution in [0.1, 0.15) is 66.2 Å². The van der Waals surface area contributed by atoms with E-state index >= 15 is 0 Å². The molecule has 1 atom stereocenters. The number of rotatable bonds is 5. The molecule has 2 nitrogen and oxygen atoms in total. The van der Waals surface area contributed by atoms with Crippen LogP contribution in [0.4, 0.5) is 0 Å². The van der Waals surface area contributed by atoms with E-state index in [0.717, 1.165) is 17.9 Å². The van der Waals surface area contributed by atoms with Gasteiger partial charge in [0.15, 0.2) is 0 Å². The lowest BCUT2D eigenvalue weighted by molar-refractivity contribution is 0.134. The molecule has 0 aromatic rings. The lowest BCUT2D eigenvalue weighted by atomic mass is 9.78. The average Bonchev–Trinajstić information content (AvgIpc) is 2.87. The van der Waals surface area contributed by atoms with Gasteiger partial charge in [-0.3, -0.25) is 0 Å². The molecule has 19 heavy (non-hydrogen) atoms. The second kappa shape index (κ2) is 6.58. The number of hydrogen-bond acceptors (Lipinski definition) is 2. The smallest absolute Gasteiger partial charge is 0.0205 e. The number of nitrogens with zero attached hydrogens (tertiary/aromatic N) is 1. The Bertz CT molecular complexity index is 258. The van der Waals surface area contributed by atoms with Crippen molar-refractivity contribution in [1.82, 2.24) is 10.2 Å². The van der Waals surface area contributed by atoms with Crippen LogP contribution in [0, 0.1) is 11.8 Å². The molecule has 2 heterocycles. The third-order valence-electron chi connectivity index (χ3n) is 5.76. The predicted molar refractivity (Wildman–Crippen MR) is 83.5 cm³/mol. The van der Waals surface area contributed by atoms with Crippen LogP contribution in [-0.4, -0.2) is 36.1 Å². The molecule has 2 saturated heterocycles. The van der Waals surface area contributed by atoms with Crippen molar-refractivity contribution < 1.29 is 0 Å². The van der Waals surface area contributed by atoms with Crippen molar-refractivity contribution in [3.05, 3.63) is 0 Å². The Hall–Kier alpha value is -0.0800. The van der Waals surface area contributed by atoms with Gasteiger partial charge < -0.3 is 10.2 Å². The minimum Gasteiger partial charge on any atom is -0.311 e. The first-order valence-electron chi connectivity index (χ1n) is 8.52. The van der Waals surface area contributed by atoms with Crippen molar-refractivity contribution >= 4 is 0 Å². The fraction of sp³-hybridized carbons (Fsp3) is 1.00. The summed E-state index contributed by atoms with van der Waals surface area (Å²) in [5.41, 5.74) is 0.467. The van der Waals surface area contributed by atoms with Gasteiger partial charge in [0.1, 0.15) is 0 Å².